The van der Waals surface area contributed by atoms with Crippen LogP contribution in [0.5, 0.6) is 0 Å². The molecule has 1 heterocycles. The maximum atomic E-state index is 12.1. The van der Waals surface area contributed by atoms with Gasteiger partial charge in [0.1, 0.15) is 12.7 Å². The fourth-order valence-electron chi connectivity index (χ4n) is 1.68. The molecule has 98 valence electrons. The van der Waals surface area contributed by atoms with Crippen molar-refractivity contribution in [2.75, 3.05) is 6.61 Å². The van der Waals surface area contributed by atoms with E-state index in [9.17, 15) is 14.7 Å². The van der Waals surface area contributed by atoms with Crippen LogP contribution in [0.4, 0.5) is 4.79 Å². The summed E-state index contributed by atoms with van der Waals surface area (Å²) in [7, 11) is 0. The zero-order chi connectivity index (χ0) is 13.4. The van der Waals surface area contributed by atoms with Crippen molar-refractivity contribution in [1.82, 2.24) is 4.90 Å². The van der Waals surface area contributed by atoms with E-state index < -0.39 is 23.5 Å². The second-order valence-electron chi connectivity index (χ2n) is 5.87. The van der Waals surface area contributed by atoms with E-state index >= 15 is 0 Å². The Morgan fingerprint density at radius 2 is 2.00 bits per heavy atom. The van der Waals surface area contributed by atoms with Gasteiger partial charge >= 0.3 is 6.09 Å². The SMILES string of the molecule is CC(C)[C@H]1COC(=O)N1C(=O)[C@@H](O)C(C)(C)C. The smallest absolute Gasteiger partial charge is 0.417 e. The van der Waals surface area contributed by atoms with Crippen LogP contribution < -0.4 is 0 Å². The van der Waals surface area contributed by atoms with Gasteiger partial charge in [-0.05, 0) is 11.3 Å². The van der Waals surface area contributed by atoms with Crippen LogP contribution in [0, 0.1) is 11.3 Å². The molecule has 0 aromatic carbocycles. The second kappa shape index (κ2) is 4.64. The molecule has 1 saturated heterocycles. The van der Waals surface area contributed by atoms with Crippen LogP contribution in [-0.4, -0.2) is 40.8 Å². The first kappa shape index (κ1) is 14.0. The van der Waals surface area contributed by atoms with Gasteiger partial charge < -0.3 is 9.84 Å². The van der Waals surface area contributed by atoms with Crippen LogP contribution in [0.25, 0.3) is 0 Å². The summed E-state index contributed by atoms with van der Waals surface area (Å²) >= 11 is 0. The summed E-state index contributed by atoms with van der Waals surface area (Å²) in [4.78, 5) is 24.7. The van der Waals surface area contributed by atoms with E-state index in [4.69, 9.17) is 4.74 Å². The lowest BCUT2D eigenvalue weighted by Crippen LogP contribution is -2.50. The third-order valence-electron chi connectivity index (χ3n) is 2.97. The Kier molecular flexibility index (Phi) is 3.81. The zero-order valence-electron chi connectivity index (χ0n) is 11.1. The number of carbonyl (C=O) groups excluding carboxylic acids is 2. The largest absolute Gasteiger partial charge is 0.447 e. The van der Waals surface area contributed by atoms with Crippen LogP contribution in [0.15, 0.2) is 0 Å². The normalized spacial score (nSPS) is 22.9. The van der Waals surface area contributed by atoms with Crippen molar-refractivity contribution >= 4 is 12.0 Å². The average Bonchev–Trinajstić information content (AvgIpc) is 2.56. The molecule has 1 fully saturated rings. The highest BCUT2D eigenvalue weighted by molar-refractivity contribution is 5.96. The highest BCUT2D eigenvalue weighted by Gasteiger charge is 2.44. The van der Waals surface area contributed by atoms with Gasteiger partial charge in [0.25, 0.3) is 5.91 Å². The Hall–Kier alpha value is -1.10. The fraction of sp³-hybridized carbons (Fsp3) is 0.833. The fourth-order valence-corrected chi connectivity index (χ4v) is 1.68. The lowest BCUT2D eigenvalue weighted by atomic mass is 9.88. The molecule has 0 spiro atoms. The molecule has 0 saturated carbocycles. The number of rotatable bonds is 2. The van der Waals surface area contributed by atoms with Gasteiger partial charge in [-0.3, -0.25) is 4.79 Å². The van der Waals surface area contributed by atoms with Crippen molar-refractivity contribution in [1.29, 1.82) is 0 Å². The average molecular weight is 243 g/mol. The van der Waals surface area contributed by atoms with Crippen LogP contribution in [0.1, 0.15) is 34.6 Å². The van der Waals surface area contributed by atoms with E-state index in [0.717, 1.165) is 4.90 Å². The minimum Gasteiger partial charge on any atom is -0.447 e. The van der Waals surface area contributed by atoms with Gasteiger partial charge in [-0.25, -0.2) is 9.69 Å². The van der Waals surface area contributed by atoms with E-state index in [1.165, 1.54) is 0 Å². The summed E-state index contributed by atoms with van der Waals surface area (Å²) in [5.74, 6) is -0.462. The van der Waals surface area contributed by atoms with Crippen molar-refractivity contribution in [3.8, 4) is 0 Å². The summed E-state index contributed by atoms with van der Waals surface area (Å²) in [5.41, 5.74) is -0.596. The van der Waals surface area contributed by atoms with Crippen molar-refractivity contribution in [2.24, 2.45) is 11.3 Å². The summed E-state index contributed by atoms with van der Waals surface area (Å²) in [5, 5.41) is 9.93. The molecule has 1 aliphatic heterocycles. The maximum absolute atomic E-state index is 12.1. The number of imide groups is 1. The molecule has 17 heavy (non-hydrogen) atoms. The molecule has 0 aromatic rings. The van der Waals surface area contributed by atoms with Gasteiger partial charge in [0.15, 0.2) is 0 Å². The van der Waals surface area contributed by atoms with Crippen LogP contribution in [-0.2, 0) is 9.53 Å². The molecule has 2 atom stereocenters. The first-order chi connectivity index (χ1) is 7.66. The number of hydrogen-bond acceptors (Lipinski definition) is 4. The molecule has 0 aromatic heterocycles. The molecular formula is C12H21NO4. The first-order valence-electron chi connectivity index (χ1n) is 5.84. The summed E-state index contributed by atoms with van der Waals surface area (Å²) in [6, 6.07) is -0.285. The quantitative estimate of drug-likeness (QED) is 0.796. The number of amides is 2. The number of carbonyl (C=O) groups is 2. The number of hydrogen-bond donors (Lipinski definition) is 1. The van der Waals surface area contributed by atoms with Crippen molar-refractivity contribution < 1.29 is 19.4 Å². The first-order valence-corrected chi connectivity index (χ1v) is 5.84. The monoisotopic (exact) mass is 243 g/mol. The molecule has 0 radical (unpaired) electrons. The van der Waals surface area contributed by atoms with Gasteiger partial charge in [0.05, 0.1) is 6.04 Å². The number of aliphatic hydroxyl groups excluding tert-OH is 1. The van der Waals surface area contributed by atoms with Gasteiger partial charge in [-0.1, -0.05) is 34.6 Å². The third-order valence-corrected chi connectivity index (χ3v) is 2.97. The molecule has 2 amide bonds. The number of cyclic esters (lactones) is 1. The van der Waals surface area contributed by atoms with E-state index in [0.29, 0.717) is 0 Å². The topological polar surface area (TPSA) is 66.8 Å². The highest BCUT2D eigenvalue weighted by Crippen LogP contribution is 2.26. The number of nitrogens with zero attached hydrogens (tertiary/aromatic N) is 1. The summed E-state index contributed by atoms with van der Waals surface area (Å²) in [6.45, 7) is 9.29. The molecule has 1 N–H and O–H groups in total. The van der Waals surface area contributed by atoms with Crippen LogP contribution >= 0.6 is 0 Å². The van der Waals surface area contributed by atoms with Gasteiger partial charge in [0.2, 0.25) is 0 Å². The number of aliphatic hydroxyl groups is 1. The molecule has 0 unspecified atom stereocenters. The lowest BCUT2D eigenvalue weighted by molar-refractivity contribution is -0.144. The van der Waals surface area contributed by atoms with Gasteiger partial charge in [0, 0.05) is 0 Å². The third kappa shape index (κ3) is 2.77. The Labute approximate surface area is 102 Å². The van der Waals surface area contributed by atoms with Crippen LogP contribution in [0.3, 0.4) is 0 Å². The Morgan fingerprint density at radius 3 is 2.41 bits per heavy atom. The van der Waals surface area contributed by atoms with Crippen molar-refractivity contribution in [2.45, 2.75) is 46.8 Å². The molecule has 1 rings (SSSR count). The second-order valence-corrected chi connectivity index (χ2v) is 5.87. The number of ether oxygens (including phenoxy) is 1. The molecule has 5 heteroatoms. The Balaban J connectivity index is 2.90. The van der Waals surface area contributed by atoms with Crippen molar-refractivity contribution in [3.05, 3.63) is 0 Å². The van der Waals surface area contributed by atoms with Crippen LogP contribution in [0.2, 0.25) is 0 Å². The van der Waals surface area contributed by atoms with E-state index in [2.05, 4.69) is 0 Å². The maximum Gasteiger partial charge on any atom is 0.417 e. The summed E-state index contributed by atoms with van der Waals surface area (Å²) in [6.07, 6.45) is -1.86. The predicted octanol–water partition coefficient (Wildman–Crippen LogP) is 1.40. The van der Waals surface area contributed by atoms with Gasteiger partial charge in [-0.2, -0.15) is 0 Å². The lowest BCUT2D eigenvalue weighted by Gasteiger charge is -2.30. The van der Waals surface area contributed by atoms with Gasteiger partial charge in [-0.15, -0.1) is 0 Å². The minimum absolute atomic E-state index is 0.109. The molecule has 0 aliphatic carbocycles. The standard InChI is InChI=1S/C12H21NO4/c1-7(2)8-6-17-11(16)13(8)10(15)9(14)12(3,4)5/h7-9,14H,6H2,1-5H3/t8-,9-/m1/s1. The molecular weight excluding hydrogens is 222 g/mol. The predicted molar refractivity (Wildman–Crippen MR) is 62.3 cm³/mol. The van der Waals surface area contributed by atoms with E-state index in [1.807, 2.05) is 13.8 Å². The highest BCUT2D eigenvalue weighted by atomic mass is 16.6. The zero-order valence-corrected chi connectivity index (χ0v) is 11.1. The van der Waals surface area contributed by atoms with E-state index in [1.54, 1.807) is 20.8 Å². The molecule has 1 aliphatic rings. The van der Waals surface area contributed by atoms with E-state index in [-0.39, 0.29) is 18.6 Å². The Bertz CT molecular complexity index is 319. The minimum atomic E-state index is -1.20. The summed E-state index contributed by atoms with van der Waals surface area (Å²) < 4.78 is 4.88. The molecule has 0 bridgehead atoms. The van der Waals surface area contributed by atoms with Crippen molar-refractivity contribution in [3.63, 3.8) is 0 Å². The molecule has 5 nitrogen and oxygen atoms in total. The Morgan fingerprint density at radius 1 is 1.47 bits per heavy atom.